The molecule has 0 aliphatic carbocycles. The van der Waals surface area contributed by atoms with Crippen molar-refractivity contribution in [3.8, 4) is 27.4 Å². The Balaban J connectivity index is 1.72. The minimum Gasteiger partial charge on any atom is -0.494 e. The third kappa shape index (κ3) is 3.02. The first-order chi connectivity index (χ1) is 12.8. The number of nitrogens with zero attached hydrogens (tertiary/aromatic N) is 2. The Morgan fingerprint density at radius 1 is 1.08 bits per heavy atom. The lowest BCUT2D eigenvalue weighted by molar-refractivity contribution is 0.111. The average molecular weight is 362 g/mol. The zero-order valence-electron chi connectivity index (χ0n) is 14.4. The van der Waals surface area contributed by atoms with Gasteiger partial charge in [0.05, 0.1) is 11.5 Å². The van der Waals surface area contributed by atoms with Crippen molar-refractivity contribution >= 4 is 22.6 Å². The first kappa shape index (κ1) is 16.5. The number of fused-ring (bicyclic) bond motifs is 1. The van der Waals surface area contributed by atoms with Crippen molar-refractivity contribution < 1.29 is 9.53 Å². The molecular weight excluding hydrogens is 344 g/mol. The van der Waals surface area contributed by atoms with Crippen LogP contribution in [0, 0.1) is 0 Å². The van der Waals surface area contributed by atoms with Crippen LogP contribution in [-0.4, -0.2) is 22.3 Å². The van der Waals surface area contributed by atoms with Gasteiger partial charge in [0.25, 0.3) is 0 Å². The highest BCUT2D eigenvalue weighted by molar-refractivity contribution is 7.20. The van der Waals surface area contributed by atoms with Gasteiger partial charge in [-0.3, -0.25) is 9.20 Å². The maximum Gasteiger partial charge on any atom is 0.195 e. The quantitative estimate of drug-likeness (QED) is 0.435. The fourth-order valence-corrected chi connectivity index (χ4v) is 3.85. The van der Waals surface area contributed by atoms with Gasteiger partial charge in [-0.25, -0.2) is 4.98 Å². The Morgan fingerprint density at radius 3 is 2.54 bits per heavy atom. The van der Waals surface area contributed by atoms with Crippen LogP contribution in [0.2, 0.25) is 0 Å². The van der Waals surface area contributed by atoms with Crippen molar-refractivity contribution in [3.63, 3.8) is 0 Å². The van der Waals surface area contributed by atoms with E-state index in [-0.39, 0.29) is 0 Å². The highest BCUT2D eigenvalue weighted by Crippen LogP contribution is 2.33. The maximum atomic E-state index is 11.7. The van der Waals surface area contributed by atoms with Crippen molar-refractivity contribution in [2.45, 2.75) is 13.3 Å². The second-order valence-corrected chi connectivity index (χ2v) is 6.96. The molecule has 5 heteroatoms. The Kier molecular flexibility index (Phi) is 4.54. The molecular formula is C21H18N2O2S. The maximum absolute atomic E-state index is 11.7. The normalized spacial score (nSPS) is 11.0. The average Bonchev–Trinajstić information content (AvgIpc) is 3.25. The van der Waals surface area contributed by atoms with Gasteiger partial charge >= 0.3 is 0 Å². The molecule has 2 aromatic carbocycles. The molecule has 0 bridgehead atoms. The third-order valence-electron chi connectivity index (χ3n) is 4.13. The van der Waals surface area contributed by atoms with Gasteiger partial charge in [-0.2, -0.15) is 0 Å². The van der Waals surface area contributed by atoms with E-state index in [0.717, 1.165) is 39.4 Å². The monoisotopic (exact) mass is 362 g/mol. The van der Waals surface area contributed by atoms with E-state index in [4.69, 9.17) is 9.72 Å². The molecule has 0 spiro atoms. The van der Waals surface area contributed by atoms with Crippen molar-refractivity contribution in [2.24, 2.45) is 0 Å². The standard InChI is InChI=1S/C21H18N2O2S/c1-2-12-25-17-10-8-16(9-11-17)20-18(14-24)23-13-19(26-21(23)22-20)15-6-4-3-5-7-15/h3-11,13-14H,2,12H2,1H3. The number of imidazole rings is 1. The van der Waals surface area contributed by atoms with Gasteiger partial charge in [0.2, 0.25) is 0 Å². The van der Waals surface area contributed by atoms with Gasteiger partial charge in [0, 0.05) is 11.8 Å². The number of aldehydes is 1. The number of carbonyl (C=O) groups excluding carboxylic acids is 1. The van der Waals surface area contributed by atoms with Crippen LogP contribution in [0.25, 0.3) is 26.7 Å². The molecule has 4 rings (SSSR count). The largest absolute Gasteiger partial charge is 0.494 e. The van der Waals surface area contributed by atoms with E-state index in [1.54, 1.807) is 11.3 Å². The number of carbonyl (C=O) groups is 1. The van der Waals surface area contributed by atoms with Crippen molar-refractivity contribution in [3.05, 3.63) is 66.5 Å². The predicted octanol–water partition coefficient (Wildman–Crippen LogP) is 5.33. The van der Waals surface area contributed by atoms with Gasteiger partial charge in [-0.15, -0.1) is 0 Å². The zero-order chi connectivity index (χ0) is 17.9. The molecule has 4 nitrogen and oxygen atoms in total. The first-order valence-corrected chi connectivity index (χ1v) is 9.37. The first-order valence-electron chi connectivity index (χ1n) is 8.56. The summed E-state index contributed by atoms with van der Waals surface area (Å²) in [7, 11) is 0. The summed E-state index contributed by atoms with van der Waals surface area (Å²) in [5, 5.41) is 0. The molecule has 26 heavy (non-hydrogen) atoms. The van der Waals surface area contributed by atoms with Crippen molar-refractivity contribution in [2.75, 3.05) is 6.61 Å². The SMILES string of the molecule is CCCOc1ccc(-c2nc3sc(-c4ccccc4)cn3c2C=O)cc1. The molecule has 0 radical (unpaired) electrons. The number of aromatic nitrogens is 2. The molecule has 0 atom stereocenters. The number of ether oxygens (including phenoxy) is 1. The minimum atomic E-state index is 0.570. The van der Waals surface area contributed by atoms with E-state index in [0.29, 0.717) is 18.0 Å². The third-order valence-corrected chi connectivity index (χ3v) is 5.17. The Hall–Kier alpha value is -2.92. The molecule has 0 amide bonds. The van der Waals surface area contributed by atoms with E-state index in [1.165, 1.54) is 0 Å². The Labute approximate surface area is 155 Å². The summed E-state index contributed by atoms with van der Waals surface area (Å²) in [5.74, 6) is 0.829. The molecule has 0 aliphatic rings. The van der Waals surface area contributed by atoms with Gasteiger partial charge in [0.1, 0.15) is 17.1 Å². The summed E-state index contributed by atoms with van der Waals surface area (Å²) in [6.07, 6.45) is 3.82. The lowest BCUT2D eigenvalue weighted by atomic mass is 10.1. The molecule has 0 aliphatic heterocycles. The number of hydrogen-bond donors (Lipinski definition) is 0. The summed E-state index contributed by atoms with van der Waals surface area (Å²) in [6.45, 7) is 2.77. The summed E-state index contributed by atoms with van der Waals surface area (Å²) in [6, 6.07) is 17.8. The van der Waals surface area contributed by atoms with Crippen LogP contribution in [0.4, 0.5) is 0 Å². The highest BCUT2D eigenvalue weighted by atomic mass is 32.1. The van der Waals surface area contributed by atoms with Crippen LogP contribution >= 0.6 is 11.3 Å². The van der Waals surface area contributed by atoms with Gasteiger partial charge in [-0.1, -0.05) is 48.6 Å². The van der Waals surface area contributed by atoms with Crippen LogP contribution in [0.1, 0.15) is 23.8 Å². The molecule has 0 saturated carbocycles. The molecule has 0 N–H and O–H groups in total. The summed E-state index contributed by atoms with van der Waals surface area (Å²) >= 11 is 1.58. The lowest BCUT2D eigenvalue weighted by Gasteiger charge is -2.05. The van der Waals surface area contributed by atoms with E-state index in [9.17, 15) is 4.79 Å². The van der Waals surface area contributed by atoms with Crippen molar-refractivity contribution in [1.82, 2.24) is 9.38 Å². The van der Waals surface area contributed by atoms with Crippen molar-refractivity contribution in [1.29, 1.82) is 0 Å². The molecule has 130 valence electrons. The summed E-state index contributed by atoms with van der Waals surface area (Å²) in [5.41, 5.74) is 3.31. The molecule has 0 saturated heterocycles. The van der Waals surface area contributed by atoms with E-state index >= 15 is 0 Å². The second-order valence-electron chi connectivity index (χ2n) is 5.95. The zero-order valence-corrected chi connectivity index (χ0v) is 15.2. The lowest BCUT2D eigenvalue weighted by Crippen LogP contribution is -1.95. The fourth-order valence-electron chi connectivity index (χ4n) is 2.85. The van der Waals surface area contributed by atoms with E-state index < -0.39 is 0 Å². The number of benzene rings is 2. The second kappa shape index (κ2) is 7.14. The topological polar surface area (TPSA) is 43.6 Å². The van der Waals surface area contributed by atoms with Crippen LogP contribution in [0.5, 0.6) is 5.75 Å². The number of hydrogen-bond acceptors (Lipinski definition) is 4. The number of thiazole rings is 1. The van der Waals surface area contributed by atoms with Crippen LogP contribution in [-0.2, 0) is 0 Å². The molecule has 2 aromatic heterocycles. The predicted molar refractivity (Wildman–Crippen MR) is 105 cm³/mol. The molecule has 0 unspecified atom stereocenters. The number of rotatable bonds is 6. The molecule has 0 fully saturated rings. The van der Waals surface area contributed by atoms with Gasteiger partial charge in [0.15, 0.2) is 11.2 Å². The van der Waals surface area contributed by atoms with Crippen LogP contribution in [0.3, 0.4) is 0 Å². The van der Waals surface area contributed by atoms with Crippen LogP contribution in [0.15, 0.2) is 60.8 Å². The van der Waals surface area contributed by atoms with E-state index in [1.807, 2.05) is 53.1 Å². The highest BCUT2D eigenvalue weighted by Gasteiger charge is 2.16. The Morgan fingerprint density at radius 2 is 1.85 bits per heavy atom. The fraction of sp³-hybridized carbons (Fsp3) is 0.143. The van der Waals surface area contributed by atoms with Gasteiger partial charge in [-0.05, 0) is 36.2 Å². The van der Waals surface area contributed by atoms with Crippen LogP contribution < -0.4 is 4.74 Å². The molecule has 4 aromatic rings. The van der Waals surface area contributed by atoms with Gasteiger partial charge < -0.3 is 4.74 Å². The Bertz CT molecular complexity index is 1030. The summed E-state index contributed by atoms with van der Waals surface area (Å²) in [4.78, 5) is 18.4. The summed E-state index contributed by atoms with van der Waals surface area (Å²) < 4.78 is 7.49. The minimum absolute atomic E-state index is 0.570. The smallest absolute Gasteiger partial charge is 0.195 e. The molecule has 2 heterocycles. The van der Waals surface area contributed by atoms with E-state index in [2.05, 4.69) is 19.1 Å².